The van der Waals surface area contributed by atoms with Crippen LogP contribution in [0, 0.1) is 5.92 Å². The molecule has 1 saturated heterocycles. The van der Waals surface area contributed by atoms with Crippen LogP contribution >= 0.6 is 0 Å². The molecule has 0 N–H and O–H groups in total. The van der Waals surface area contributed by atoms with Crippen molar-refractivity contribution in [1.29, 1.82) is 0 Å². The Labute approximate surface area is 141 Å². The molecule has 1 aliphatic heterocycles. The van der Waals surface area contributed by atoms with E-state index in [1.807, 2.05) is 0 Å². The van der Waals surface area contributed by atoms with Gasteiger partial charge in [0.1, 0.15) is 0 Å². The van der Waals surface area contributed by atoms with Crippen molar-refractivity contribution in [3.8, 4) is 0 Å². The first-order chi connectivity index (χ1) is 11.2. The second-order valence-electron chi connectivity index (χ2n) is 5.93. The Hall–Kier alpha value is -0.763. The lowest BCUT2D eigenvalue weighted by Crippen LogP contribution is -2.21. The summed E-state index contributed by atoms with van der Waals surface area (Å²) in [7, 11) is 2.78. The summed E-state index contributed by atoms with van der Waals surface area (Å²) in [5, 5.41) is 0. The van der Waals surface area contributed by atoms with Crippen LogP contribution < -0.4 is 0 Å². The molecule has 1 unspecified atom stereocenters. The fourth-order valence-electron chi connectivity index (χ4n) is 2.63. The van der Waals surface area contributed by atoms with Gasteiger partial charge in [-0.1, -0.05) is 38.5 Å². The van der Waals surface area contributed by atoms with Crippen LogP contribution in [0.2, 0.25) is 6.04 Å². The molecule has 1 atom stereocenters. The van der Waals surface area contributed by atoms with E-state index >= 15 is 0 Å². The zero-order valence-electron chi connectivity index (χ0n) is 14.4. The van der Waals surface area contributed by atoms with Crippen LogP contribution in [0.4, 0.5) is 0 Å². The smallest absolute Gasteiger partial charge is 0.317 e. The van der Waals surface area contributed by atoms with Crippen molar-refractivity contribution < 1.29 is 28.2 Å². The highest BCUT2D eigenvalue weighted by Gasteiger charge is 2.32. The molecule has 1 heterocycles. The van der Waals surface area contributed by atoms with Crippen LogP contribution in [0.15, 0.2) is 0 Å². The van der Waals surface area contributed by atoms with Crippen molar-refractivity contribution in [3.05, 3.63) is 0 Å². The third kappa shape index (κ3) is 9.19. The fraction of sp³-hybridized carbons (Fsp3) is 0.875. The highest BCUT2D eigenvalue weighted by atomic mass is 28.2. The van der Waals surface area contributed by atoms with Gasteiger partial charge in [0, 0.05) is 14.2 Å². The molecular formula is C16H30O6Si. The third-order valence-electron chi connectivity index (χ3n) is 4.08. The van der Waals surface area contributed by atoms with Crippen LogP contribution in [0.5, 0.6) is 0 Å². The Morgan fingerprint density at radius 3 is 2.35 bits per heavy atom. The lowest BCUT2D eigenvalue weighted by molar-refractivity contribution is -0.153. The van der Waals surface area contributed by atoms with Crippen LogP contribution in [-0.4, -0.2) is 48.8 Å². The normalized spacial score (nSPS) is 18.5. The van der Waals surface area contributed by atoms with E-state index in [9.17, 15) is 9.59 Å². The number of unbranched alkanes of at least 4 members (excludes halogenated alkanes) is 5. The van der Waals surface area contributed by atoms with E-state index < -0.39 is 9.76 Å². The summed E-state index contributed by atoms with van der Waals surface area (Å²) in [6.07, 6.45) is 7.81. The predicted molar refractivity (Wildman–Crippen MR) is 88.6 cm³/mol. The zero-order valence-corrected chi connectivity index (χ0v) is 15.8. The molecule has 7 heteroatoms. The molecule has 6 nitrogen and oxygen atoms in total. The van der Waals surface area contributed by atoms with Crippen molar-refractivity contribution >= 4 is 21.7 Å². The van der Waals surface area contributed by atoms with Gasteiger partial charge >= 0.3 is 11.9 Å². The van der Waals surface area contributed by atoms with E-state index in [-0.39, 0.29) is 30.6 Å². The summed E-state index contributed by atoms with van der Waals surface area (Å²) in [6.45, 7) is 0.533. The Kier molecular flexibility index (Phi) is 11.1. The van der Waals surface area contributed by atoms with Gasteiger partial charge in [-0.05, 0) is 12.5 Å². The number of methoxy groups -OCH3 is 2. The Balaban J connectivity index is 1.81. The number of hydrogen-bond donors (Lipinski definition) is 0. The average Bonchev–Trinajstić information content (AvgIpc) is 2.86. The Morgan fingerprint density at radius 1 is 1.09 bits per heavy atom. The van der Waals surface area contributed by atoms with Gasteiger partial charge in [-0.2, -0.15) is 0 Å². The highest BCUT2D eigenvalue weighted by Crippen LogP contribution is 2.22. The maximum absolute atomic E-state index is 11.3. The molecule has 0 aromatic rings. The monoisotopic (exact) mass is 346 g/mol. The van der Waals surface area contributed by atoms with Crippen molar-refractivity contribution in [1.82, 2.24) is 0 Å². The summed E-state index contributed by atoms with van der Waals surface area (Å²) in [5.74, 6) is -0.883. The van der Waals surface area contributed by atoms with Gasteiger partial charge in [-0.15, -0.1) is 0 Å². The van der Waals surface area contributed by atoms with Gasteiger partial charge < -0.3 is 18.6 Å². The third-order valence-corrected chi connectivity index (χ3v) is 5.39. The standard InChI is InChI=1S/C16H30O6Si/c1-19-15(20-2)12-21-23-10-8-6-4-3-5-7-9-13-11-14(17)22-16(13)18/h13,15H,3-12,23H2,1-2H3. The van der Waals surface area contributed by atoms with Gasteiger partial charge in [0.25, 0.3) is 0 Å². The van der Waals surface area contributed by atoms with E-state index in [2.05, 4.69) is 4.74 Å². The molecule has 0 spiro atoms. The SMILES string of the molecule is COC(CO[SiH2]CCCCCCCCC1CC(=O)OC1=O)OC. The van der Waals surface area contributed by atoms with E-state index in [0.29, 0.717) is 6.61 Å². The number of rotatable bonds is 14. The number of ether oxygens (including phenoxy) is 3. The highest BCUT2D eigenvalue weighted by molar-refractivity contribution is 6.26. The van der Waals surface area contributed by atoms with Crippen molar-refractivity contribution in [3.63, 3.8) is 0 Å². The summed E-state index contributed by atoms with van der Waals surface area (Å²) in [4.78, 5) is 22.2. The first-order valence-corrected chi connectivity index (χ1v) is 10.1. The first-order valence-electron chi connectivity index (χ1n) is 8.55. The average molecular weight is 346 g/mol. The number of cyclic esters (lactones) is 2. The van der Waals surface area contributed by atoms with E-state index in [1.54, 1.807) is 14.2 Å². The topological polar surface area (TPSA) is 71.1 Å². The first kappa shape index (κ1) is 20.3. The number of esters is 2. The molecule has 0 aromatic heterocycles. The molecule has 1 fully saturated rings. The largest absolute Gasteiger partial charge is 0.419 e. The molecular weight excluding hydrogens is 316 g/mol. The molecule has 134 valence electrons. The van der Waals surface area contributed by atoms with Crippen molar-refractivity contribution in [2.75, 3.05) is 20.8 Å². The Bertz CT molecular complexity index is 345. The quantitative estimate of drug-likeness (QED) is 0.157. The van der Waals surface area contributed by atoms with E-state index in [1.165, 1.54) is 31.7 Å². The molecule has 0 aromatic carbocycles. The van der Waals surface area contributed by atoms with Crippen LogP contribution in [-0.2, 0) is 28.2 Å². The van der Waals surface area contributed by atoms with Gasteiger partial charge in [0.15, 0.2) is 16.1 Å². The van der Waals surface area contributed by atoms with Gasteiger partial charge in [-0.3, -0.25) is 9.59 Å². The summed E-state index contributed by atoms with van der Waals surface area (Å²) >= 11 is 0. The molecule has 1 aliphatic rings. The maximum atomic E-state index is 11.3. The minimum atomic E-state index is -0.459. The molecule has 0 radical (unpaired) electrons. The summed E-state index contributed by atoms with van der Waals surface area (Å²) in [5.41, 5.74) is 0. The maximum Gasteiger partial charge on any atom is 0.317 e. The van der Waals surface area contributed by atoms with Gasteiger partial charge in [0.05, 0.1) is 18.9 Å². The fourth-order valence-corrected chi connectivity index (χ4v) is 3.75. The molecule has 1 rings (SSSR count). The van der Waals surface area contributed by atoms with E-state index in [0.717, 1.165) is 19.3 Å². The molecule has 0 bridgehead atoms. The minimum absolute atomic E-state index is 0.186. The number of hydrogen-bond acceptors (Lipinski definition) is 6. The zero-order chi connectivity index (χ0) is 16.9. The molecule has 0 saturated carbocycles. The van der Waals surface area contributed by atoms with Crippen LogP contribution in [0.1, 0.15) is 51.4 Å². The van der Waals surface area contributed by atoms with Crippen LogP contribution in [0.25, 0.3) is 0 Å². The second-order valence-corrected chi connectivity index (χ2v) is 7.46. The van der Waals surface area contributed by atoms with Crippen molar-refractivity contribution in [2.45, 2.75) is 63.7 Å². The minimum Gasteiger partial charge on any atom is -0.419 e. The van der Waals surface area contributed by atoms with Gasteiger partial charge in [-0.25, -0.2) is 0 Å². The molecule has 0 amide bonds. The number of carbonyl (C=O) groups is 2. The lowest BCUT2D eigenvalue weighted by atomic mass is 9.99. The van der Waals surface area contributed by atoms with Crippen LogP contribution in [0.3, 0.4) is 0 Å². The number of carbonyl (C=O) groups excluding carboxylic acids is 2. The molecule has 23 heavy (non-hydrogen) atoms. The Morgan fingerprint density at radius 2 is 1.74 bits per heavy atom. The molecule has 0 aliphatic carbocycles. The summed E-state index contributed by atoms with van der Waals surface area (Å²) < 4.78 is 20.3. The lowest BCUT2D eigenvalue weighted by Gasteiger charge is -2.13. The summed E-state index contributed by atoms with van der Waals surface area (Å²) in [6, 6.07) is 1.19. The van der Waals surface area contributed by atoms with Gasteiger partial charge in [0.2, 0.25) is 0 Å². The van der Waals surface area contributed by atoms with Crippen molar-refractivity contribution in [2.24, 2.45) is 5.92 Å². The predicted octanol–water partition coefficient (Wildman–Crippen LogP) is 1.94. The van der Waals surface area contributed by atoms with E-state index in [4.69, 9.17) is 13.9 Å². The second kappa shape index (κ2) is 12.6.